The van der Waals surface area contributed by atoms with E-state index in [1.54, 1.807) is 0 Å². The van der Waals surface area contributed by atoms with Crippen LogP contribution in [0.1, 0.15) is 23.2 Å². The van der Waals surface area contributed by atoms with Gasteiger partial charge in [0.2, 0.25) is 0 Å². The number of nitrogen functional groups attached to an aromatic ring is 1. The maximum Gasteiger partial charge on any atom is 0.345 e. The number of nitrogens with zero attached hydrogens (tertiary/aromatic N) is 3. The molecule has 4 N–H and O–H groups in total. The summed E-state index contributed by atoms with van der Waals surface area (Å²) in [5, 5.41) is 22.6. The van der Waals surface area contributed by atoms with Crippen molar-refractivity contribution in [3.8, 4) is 0 Å². The number of nitrogens with two attached hydrogens (primary N) is 1. The Morgan fingerprint density at radius 3 is 2.62 bits per heavy atom. The minimum atomic E-state index is -0.532. The molecule has 1 aliphatic rings. The van der Waals surface area contributed by atoms with Crippen molar-refractivity contribution in [1.82, 2.24) is 9.78 Å². The average Bonchev–Trinajstić information content (AvgIpc) is 2.84. The first-order valence-electron chi connectivity index (χ1n) is 7.03. The molecule has 2 rings (SSSR count). The third kappa shape index (κ3) is 3.11. The molecule has 0 saturated carbocycles. The maximum atomic E-state index is 12.0. The molecule has 0 amide bonds. The summed E-state index contributed by atoms with van der Waals surface area (Å²) >= 11 is 0. The number of aliphatic hydroxyl groups is 2. The normalized spacial score (nSPS) is 16.2. The molecule has 1 fully saturated rings. The van der Waals surface area contributed by atoms with Crippen LogP contribution in [-0.2, 0) is 11.3 Å². The van der Waals surface area contributed by atoms with Crippen LogP contribution in [0.25, 0.3) is 0 Å². The molecule has 0 bridgehead atoms. The number of carbonyl (C=O) groups excluding carboxylic acids is 1. The van der Waals surface area contributed by atoms with Crippen LogP contribution in [0.2, 0.25) is 0 Å². The topological polar surface area (TPSA) is 114 Å². The Balaban J connectivity index is 2.29. The van der Waals surface area contributed by atoms with E-state index in [4.69, 9.17) is 15.6 Å². The summed E-state index contributed by atoms with van der Waals surface area (Å²) in [5.74, 6) is 0.454. The van der Waals surface area contributed by atoms with Crippen molar-refractivity contribution < 1.29 is 19.7 Å². The third-order valence-corrected chi connectivity index (χ3v) is 3.85. The van der Waals surface area contributed by atoms with Gasteiger partial charge >= 0.3 is 5.97 Å². The van der Waals surface area contributed by atoms with Crippen molar-refractivity contribution in [3.63, 3.8) is 0 Å². The third-order valence-electron chi connectivity index (χ3n) is 3.85. The number of piperidine rings is 1. The van der Waals surface area contributed by atoms with Gasteiger partial charge in [0.1, 0.15) is 11.4 Å². The second-order valence-corrected chi connectivity index (χ2v) is 5.14. The van der Waals surface area contributed by atoms with E-state index in [9.17, 15) is 9.90 Å². The minimum absolute atomic E-state index is 0.113. The highest BCUT2D eigenvalue weighted by molar-refractivity contribution is 5.99. The number of ether oxygens (including phenoxy) is 1. The first kappa shape index (κ1) is 15.6. The molecular weight excluding hydrogens is 276 g/mol. The van der Waals surface area contributed by atoms with Crippen LogP contribution in [0, 0.1) is 5.92 Å². The molecule has 1 aromatic heterocycles. The van der Waals surface area contributed by atoms with Gasteiger partial charge in [-0.2, -0.15) is 5.10 Å². The van der Waals surface area contributed by atoms with E-state index >= 15 is 0 Å². The molecule has 0 radical (unpaired) electrons. The summed E-state index contributed by atoms with van der Waals surface area (Å²) in [5.41, 5.74) is 6.19. The number of hydrogen-bond donors (Lipinski definition) is 3. The summed E-state index contributed by atoms with van der Waals surface area (Å²) in [6, 6.07) is 0. The van der Waals surface area contributed by atoms with Crippen LogP contribution >= 0.6 is 0 Å². The summed E-state index contributed by atoms with van der Waals surface area (Å²) in [4.78, 5) is 13.9. The zero-order chi connectivity index (χ0) is 15.4. The molecule has 21 heavy (non-hydrogen) atoms. The van der Waals surface area contributed by atoms with E-state index in [0.29, 0.717) is 24.8 Å². The second-order valence-electron chi connectivity index (χ2n) is 5.14. The van der Waals surface area contributed by atoms with E-state index in [1.165, 1.54) is 11.8 Å². The smallest absolute Gasteiger partial charge is 0.345 e. The molecule has 0 aromatic carbocycles. The van der Waals surface area contributed by atoms with Gasteiger partial charge in [-0.1, -0.05) is 0 Å². The summed E-state index contributed by atoms with van der Waals surface area (Å²) in [6.07, 6.45) is 1.67. The Kier molecular flexibility index (Phi) is 5.03. The van der Waals surface area contributed by atoms with Gasteiger partial charge in [0.25, 0.3) is 0 Å². The fourth-order valence-corrected chi connectivity index (χ4v) is 2.57. The number of esters is 1. The maximum absolute atomic E-state index is 12.0. The van der Waals surface area contributed by atoms with Gasteiger partial charge in [-0.15, -0.1) is 0 Å². The van der Waals surface area contributed by atoms with Gasteiger partial charge < -0.3 is 25.6 Å². The number of carbonyl (C=O) groups is 1. The monoisotopic (exact) mass is 298 g/mol. The van der Waals surface area contributed by atoms with Crippen molar-refractivity contribution in [3.05, 3.63) is 5.56 Å². The van der Waals surface area contributed by atoms with Gasteiger partial charge in [0, 0.05) is 19.7 Å². The summed E-state index contributed by atoms with van der Waals surface area (Å²) < 4.78 is 6.20. The molecule has 1 aromatic rings. The molecule has 0 atom stereocenters. The van der Waals surface area contributed by atoms with Crippen molar-refractivity contribution in [2.24, 2.45) is 5.92 Å². The lowest BCUT2D eigenvalue weighted by molar-refractivity contribution is 0.0602. The van der Waals surface area contributed by atoms with Crippen LogP contribution in [0.4, 0.5) is 11.6 Å². The molecule has 118 valence electrons. The largest absolute Gasteiger partial charge is 0.465 e. The Bertz CT molecular complexity index is 495. The highest BCUT2D eigenvalue weighted by Crippen LogP contribution is 2.29. The number of anilines is 2. The zero-order valence-electron chi connectivity index (χ0n) is 12.2. The van der Waals surface area contributed by atoms with E-state index < -0.39 is 5.97 Å². The molecule has 8 heteroatoms. The van der Waals surface area contributed by atoms with Crippen LogP contribution in [0.3, 0.4) is 0 Å². The molecular formula is C13H22N4O4. The predicted molar refractivity (Wildman–Crippen MR) is 77.1 cm³/mol. The molecule has 2 heterocycles. The van der Waals surface area contributed by atoms with Crippen molar-refractivity contribution in [2.45, 2.75) is 19.4 Å². The number of methoxy groups -OCH3 is 1. The fraction of sp³-hybridized carbons (Fsp3) is 0.692. The van der Waals surface area contributed by atoms with Gasteiger partial charge in [-0.3, -0.25) is 0 Å². The minimum Gasteiger partial charge on any atom is -0.465 e. The Morgan fingerprint density at radius 1 is 1.43 bits per heavy atom. The van der Waals surface area contributed by atoms with Crippen LogP contribution in [-0.4, -0.2) is 59.4 Å². The summed E-state index contributed by atoms with van der Waals surface area (Å²) in [6.45, 7) is 1.69. The van der Waals surface area contributed by atoms with Gasteiger partial charge in [-0.05, 0) is 18.8 Å². The van der Waals surface area contributed by atoms with Crippen molar-refractivity contribution in [2.75, 3.05) is 44.0 Å². The molecule has 1 saturated heterocycles. The van der Waals surface area contributed by atoms with Crippen molar-refractivity contribution in [1.29, 1.82) is 0 Å². The molecule has 0 spiro atoms. The first-order valence-corrected chi connectivity index (χ1v) is 7.03. The zero-order valence-corrected chi connectivity index (χ0v) is 12.2. The highest BCUT2D eigenvalue weighted by atomic mass is 16.5. The number of hydrogen-bond acceptors (Lipinski definition) is 7. The average molecular weight is 298 g/mol. The van der Waals surface area contributed by atoms with Crippen LogP contribution in [0.5, 0.6) is 0 Å². The van der Waals surface area contributed by atoms with E-state index in [2.05, 4.69) is 5.10 Å². The van der Waals surface area contributed by atoms with Gasteiger partial charge in [0.15, 0.2) is 5.82 Å². The predicted octanol–water partition coefficient (Wildman–Crippen LogP) is -0.547. The highest BCUT2D eigenvalue weighted by Gasteiger charge is 2.29. The Labute approximate surface area is 123 Å². The number of rotatable bonds is 5. The second kappa shape index (κ2) is 6.77. The number of aromatic nitrogens is 2. The standard InChI is InChI=1S/C13H22N4O4/c1-21-13(20)10-11(14)17(6-7-18)15-12(10)16-4-2-9(8-19)3-5-16/h9,18-19H,2-8,14H2,1H3. The van der Waals surface area contributed by atoms with Crippen LogP contribution in [0.15, 0.2) is 0 Å². The first-order chi connectivity index (χ1) is 10.1. The molecule has 1 aliphatic heterocycles. The molecule has 8 nitrogen and oxygen atoms in total. The van der Waals surface area contributed by atoms with Gasteiger partial charge in [0.05, 0.1) is 20.3 Å². The lowest BCUT2D eigenvalue weighted by Crippen LogP contribution is -2.36. The molecule has 0 unspecified atom stereocenters. The van der Waals surface area contributed by atoms with Gasteiger partial charge in [-0.25, -0.2) is 9.48 Å². The van der Waals surface area contributed by atoms with Crippen LogP contribution < -0.4 is 10.6 Å². The van der Waals surface area contributed by atoms with Crippen molar-refractivity contribution >= 4 is 17.6 Å². The van der Waals surface area contributed by atoms with E-state index in [0.717, 1.165) is 12.8 Å². The quantitative estimate of drug-likeness (QED) is 0.625. The summed E-state index contributed by atoms with van der Waals surface area (Å²) in [7, 11) is 1.30. The van der Waals surface area contributed by atoms with E-state index in [-0.39, 0.29) is 31.1 Å². The molecule has 0 aliphatic carbocycles. The fourth-order valence-electron chi connectivity index (χ4n) is 2.57. The SMILES string of the molecule is COC(=O)c1c(N2CCC(CO)CC2)nn(CCO)c1N. The lowest BCUT2D eigenvalue weighted by Gasteiger charge is -2.31. The lowest BCUT2D eigenvalue weighted by atomic mass is 9.98. The number of aliphatic hydroxyl groups excluding tert-OH is 2. The Morgan fingerprint density at radius 2 is 2.10 bits per heavy atom. The Hall–Kier alpha value is -1.80. The van der Waals surface area contributed by atoms with E-state index in [1.807, 2.05) is 4.90 Å².